The fourth-order valence-corrected chi connectivity index (χ4v) is 1.26. The number of benzene rings is 1. The molecule has 0 bridgehead atoms. The molecule has 1 heterocycles. The fourth-order valence-electron chi connectivity index (χ4n) is 1.26. The van der Waals surface area contributed by atoms with Gasteiger partial charge in [0.05, 0.1) is 13.2 Å². The van der Waals surface area contributed by atoms with Crippen molar-refractivity contribution in [3.8, 4) is 5.75 Å². The van der Waals surface area contributed by atoms with Gasteiger partial charge >= 0.3 is 5.97 Å². The summed E-state index contributed by atoms with van der Waals surface area (Å²) in [6, 6.07) is 6.48. The van der Waals surface area contributed by atoms with Crippen molar-refractivity contribution in [1.29, 1.82) is 0 Å². The van der Waals surface area contributed by atoms with Crippen LogP contribution in [0.2, 0.25) is 0 Å². The molecule has 0 amide bonds. The average Bonchev–Trinajstić information content (AvgIpc) is 2.23. The summed E-state index contributed by atoms with van der Waals surface area (Å²) in [5.41, 5.74) is 0.764. The molecule has 0 saturated carbocycles. The number of rotatable bonds is 4. The molecule has 0 spiro atoms. The van der Waals surface area contributed by atoms with E-state index < -0.39 is 0 Å². The van der Waals surface area contributed by atoms with Crippen LogP contribution in [-0.2, 0) is 14.3 Å². The van der Waals surface area contributed by atoms with Crippen molar-refractivity contribution in [2.24, 2.45) is 0 Å². The minimum Gasteiger partial charge on any atom is -0.508 e. The fraction of sp³-hybridized carbons (Fsp3) is 0.364. The molecule has 0 atom stereocenters. The van der Waals surface area contributed by atoms with Crippen LogP contribution in [-0.4, -0.2) is 36.9 Å². The Labute approximate surface area is 93.0 Å². The number of ether oxygens (including phenoxy) is 2. The van der Waals surface area contributed by atoms with Gasteiger partial charge in [-0.15, -0.1) is 0 Å². The summed E-state index contributed by atoms with van der Waals surface area (Å²) < 4.78 is 9.94. The van der Waals surface area contributed by atoms with Crippen LogP contribution in [0.1, 0.15) is 0 Å². The third-order valence-corrected chi connectivity index (χ3v) is 2.21. The van der Waals surface area contributed by atoms with Gasteiger partial charge in [0.2, 0.25) is 0 Å². The van der Waals surface area contributed by atoms with Gasteiger partial charge in [-0.05, 0) is 24.3 Å². The van der Waals surface area contributed by atoms with Crippen LogP contribution in [0.5, 0.6) is 5.75 Å². The maximum Gasteiger partial charge on any atom is 0.325 e. The number of nitrogens with one attached hydrogen (secondary N) is 1. The Morgan fingerprint density at radius 3 is 2.69 bits per heavy atom. The van der Waals surface area contributed by atoms with Crippen LogP contribution >= 0.6 is 0 Å². The molecule has 0 radical (unpaired) electrons. The van der Waals surface area contributed by atoms with Crippen molar-refractivity contribution in [3.63, 3.8) is 0 Å². The molecule has 5 heteroatoms. The Morgan fingerprint density at radius 1 is 1.44 bits per heavy atom. The van der Waals surface area contributed by atoms with Crippen molar-refractivity contribution >= 4 is 11.7 Å². The van der Waals surface area contributed by atoms with E-state index in [4.69, 9.17) is 14.6 Å². The highest BCUT2D eigenvalue weighted by Gasteiger charge is 2.22. The zero-order chi connectivity index (χ0) is 11.4. The molecular weight excluding hydrogens is 210 g/mol. The zero-order valence-electron chi connectivity index (χ0n) is 8.68. The maximum atomic E-state index is 11.3. The molecule has 2 N–H and O–H groups in total. The van der Waals surface area contributed by atoms with Crippen molar-refractivity contribution in [1.82, 2.24) is 0 Å². The predicted molar refractivity (Wildman–Crippen MR) is 57.3 cm³/mol. The van der Waals surface area contributed by atoms with Gasteiger partial charge in [0, 0.05) is 5.69 Å². The monoisotopic (exact) mass is 223 g/mol. The number of hydrogen-bond acceptors (Lipinski definition) is 5. The van der Waals surface area contributed by atoms with Crippen molar-refractivity contribution < 1.29 is 19.4 Å². The number of carbonyl (C=O) groups excluding carboxylic acids is 1. The first-order valence-electron chi connectivity index (χ1n) is 5.04. The molecule has 16 heavy (non-hydrogen) atoms. The van der Waals surface area contributed by atoms with Crippen LogP contribution in [0, 0.1) is 0 Å². The Kier molecular flexibility index (Phi) is 3.26. The van der Waals surface area contributed by atoms with E-state index in [2.05, 4.69) is 5.32 Å². The van der Waals surface area contributed by atoms with E-state index in [0.717, 1.165) is 5.69 Å². The van der Waals surface area contributed by atoms with Crippen LogP contribution < -0.4 is 5.32 Å². The number of phenols is 1. The topological polar surface area (TPSA) is 67.8 Å². The van der Waals surface area contributed by atoms with Gasteiger partial charge in [0.25, 0.3) is 0 Å². The lowest BCUT2D eigenvalue weighted by atomic mass is 10.3. The average molecular weight is 223 g/mol. The molecule has 1 fully saturated rings. The van der Waals surface area contributed by atoms with E-state index in [1.54, 1.807) is 24.3 Å². The van der Waals surface area contributed by atoms with E-state index in [1.165, 1.54) is 0 Å². The van der Waals surface area contributed by atoms with Crippen molar-refractivity contribution in [2.45, 2.75) is 6.10 Å². The number of esters is 1. The normalized spacial score (nSPS) is 15.2. The SMILES string of the molecule is O=C(CNc1ccc(O)cc1)OC1COC1. The Hall–Kier alpha value is -1.75. The summed E-state index contributed by atoms with van der Waals surface area (Å²) in [6.07, 6.45) is -0.0888. The van der Waals surface area contributed by atoms with Crippen LogP contribution in [0.15, 0.2) is 24.3 Å². The first-order valence-corrected chi connectivity index (χ1v) is 5.04. The quantitative estimate of drug-likeness (QED) is 0.582. The summed E-state index contributed by atoms with van der Waals surface area (Å²) in [6.45, 7) is 1.09. The molecule has 1 saturated heterocycles. The molecule has 5 nitrogen and oxygen atoms in total. The molecule has 1 aliphatic heterocycles. The van der Waals surface area contributed by atoms with Gasteiger partial charge in [0.1, 0.15) is 18.4 Å². The summed E-state index contributed by atoms with van der Waals surface area (Å²) in [5.74, 6) is -0.110. The Balaban J connectivity index is 1.73. The van der Waals surface area contributed by atoms with Crippen LogP contribution in [0.25, 0.3) is 0 Å². The molecule has 0 aromatic heterocycles. The molecule has 1 aromatic rings. The zero-order valence-corrected chi connectivity index (χ0v) is 8.68. The molecular formula is C11H13NO4. The van der Waals surface area contributed by atoms with Gasteiger partial charge in [-0.3, -0.25) is 4.79 Å². The Bertz CT molecular complexity index is 359. The Morgan fingerprint density at radius 2 is 2.12 bits per heavy atom. The number of hydrogen-bond donors (Lipinski definition) is 2. The minimum absolute atomic E-state index is 0.0888. The summed E-state index contributed by atoms with van der Waals surface area (Å²) >= 11 is 0. The van der Waals surface area contributed by atoms with Gasteiger partial charge in [0.15, 0.2) is 0 Å². The molecule has 86 valence electrons. The van der Waals surface area contributed by atoms with Gasteiger partial charge < -0.3 is 19.9 Å². The summed E-state index contributed by atoms with van der Waals surface area (Å²) in [4.78, 5) is 11.3. The molecule has 1 aliphatic rings. The predicted octanol–water partition coefficient (Wildman–Crippen LogP) is 0.746. The first kappa shape index (κ1) is 10.8. The van der Waals surface area contributed by atoms with Crippen molar-refractivity contribution in [3.05, 3.63) is 24.3 Å². The number of anilines is 1. The third kappa shape index (κ3) is 2.87. The summed E-state index contributed by atoms with van der Waals surface area (Å²) in [5, 5.41) is 12.0. The lowest BCUT2D eigenvalue weighted by Crippen LogP contribution is -2.39. The van der Waals surface area contributed by atoms with E-state index in [9.17, 15) is 4.79 Å². The molecule has 2 rings (SSSR count). The van der Waals surface area contributed by atoms with Crippen LogP contribution in [0.3, 0.4) is 0 Å². The van der Waals surface area contributed by atoms with Crippen LogP contribution in [0.4, 0.5) is 5.69 Å². The molecule has 1 aromatic carbocycles. The highest BCUT2D eigenvalue weighted by molar-refractivity contribution is 5.75. The van der Waals surface area contributed by atoms with Gasteiger partial charge in [-0.2, -0.15) is 0 Å². The second-order valence-electron chi connectivity index (χ2n) is 3.55. The largest absolute Gasteiger partial charge is 0.508 e. The van der Waals surface area contributed by atoms with E-state index in [0.29, 0.717) is 13.2 Å². The van der Waals surface area contributed by atoms with E-state index in [1.807, 2.05) is 0 Å². The van der Waals surface area contributed by atoms with E-state index >= 15 is 0 Å². The molecule has 0 aliphatic carbocycles. The molecule has 0 unspecified atom stereocenters. The van der Waals surface area contributed by atoms with Gasteiger partial charge in [-0.1, -0.05) is 0 Å². The second kappa shape index (κ2) is 4.85. The van der Waals surface area contributed by atoms with Crippen molar-refractivity contribution in [2.75, 3.05) is 25.1 Å². The van der Waals surface area contributed by atoms with E-state index in [-0.39, 0.29) is 24.4 Å². The summed E-state index contributed by atoms with van der Waals surface area (Å²) in [7, 11) is 0. The van der Waals surface area contributed by atoms with Gasteiger partial charge in [-0.25, -0.2) is 0 Å². The smallest absolute Gasteiger partial charge is 0.325 e. The highest BCUT2D eigenvalue weighted by Crippen LogP contribution is 2.13. The minimum atomic E-state index is -0.304. The third-order valence-electron chi connectivity index (χ3n) is 2.21. The number of phenolic OH excluding ortho intramolecular Hbond substituents is 1. The lowest BCUT2D eigenvalue weighted by Gasteiger charge is -2.25. The standard InChI is InChI=1S/C11H13NO4/c13-9-3-1-8(2-4-9)12-5-11(14)16-10-6-15-7-10/h1-4,10,12-13H,5-7H2. The number of aromatic hydroxyl groups is 1. The second-order valence-corrected chi connectivity index (χ2v) is 3.55. The highest BCUT2D eigenvalue weighted by atomic mass is 16.6. The lowest BCUT2D eigenvalue weighted by molar-refractivity contribution is -0.170. The maximum absolute atomic E-state index is 11.3. The first-order chi connectivity index (χ1) is 7.74. The number of carbonyl (C=O) groups is 1.